The molecule has 8 heteroatoms. The Hall–Kier alpha value is -2.00. The Bertz CT molecular complexity index is 965. The third-order valence-corrected chi connectivity index (χ3v) is 7.87. The first-order valence-electron chi connectivity index (χ1n) is 9.90. The van der Waals surface area contributed by atoms with E-state index in [0.717, 1.165) is 22.6 Å². The number of nitrogens with one attached hydrogen (secondary N) is 1. The largest absolute Gasteiger partial charge is 0.331 e. The van der Waals surface area contributed by atoms with E-state index in [1.807, 2.05) is 41.9 Å². The minimum atomic E-state index is -3.78. The fraction of sp³-hybridized carbons (Fsp3) is 0.318. The molecule has 0 fully saturated rings. The van der Waals surface area contributed by atoms with Gasteiger partial charge in [-0.25, -0.2) is 8.42 Å². The molecule has 2 aromatic heterocycles. The van der Waals surface area contributed by atoms with Gasteiger partial charge in [0, 0.05) is 9.75 Å². The Balaban J connectivity index is 1.84. The zero-order chi connectivity index (χ0) is 21.4. The van der Waals surface area contributed by atoms with Gasteiger partial charge in [0.25, 0.3) is 0 Å². The maximum atomic E-state index is 13.5. The first-order valence-corrected chi connectivity index (χ1v) is 13.1. The predicted octanol–water partition coefficient (Wildman–Crippen LogP) is 4.88. The molecule has 1 amide bonds. The van der Waals surface area contributed by atoms with Crippen LogP contribution in [0.15, 0.2) is 70.3 Å². The van der Waals surface area contributed by atoms with Crippen molar-refractivity contribution < 1.29 is 13.2 Å². The van der Waals surface area contributed by atoms with Gasteiger partial charge < -0.3 is 4.90 Å². The van der Waals surface area contributed by atoms with Crippen LogP contribution in [0.2, 0.25) is 0 Å². The second-order valence-electron chi connectivity index (χ2n) is 6.98. The quantitative estimate of drug-likeness (QED) is 0.442. The Kier molecular flexibility index (Phi) is 8.21. The first kappa shape index (κ1) is 22.7. The van der Waals surface area contributed by atoms with Gasteiger partial charge in [-0.3, -0.25) is 4.79 Å². The molecule has 0 unspecified atom stereocenters. The molecular formula is C22H26N2O3S3. The second kappa shape index (κ2) is 10.9. The lowest BCUT2D eigenvalue weighted by Gasteiger charge is -2.27. The van der Waals surface area contributed by atoms with Gasteiger partial charge >= 0.3 is 0 Å². The fourth-order valence-electron chi connectivity index (χ4n) is 3.11. The summed E-state index contributed by atoms with van der Waals surface area (Å²) in [5.41, 5.74) is 0. The lowest BCUT2D eigenvalue weighted by molar-refractivity contribution is -0.134. The van der Waals surface area contributed by atoms with Crippen molar-refractivity contribution in [3.05, 3.63) is 75.1 Å². The Morgan fingerprint density at radius 3 is 2.07 bits per heavy atom. The summed E-state index contributed by atoms with van der Waals surface area (Å²) in [7, 11) is -3.78. The van der Waals surface area contributed by atoms with Gasteiger partial charge in [-0.15, -0.1) is 22.7 Å². The highest BCUT2D eigenvalue weighted by Gasteiger charge is 2.29. The number of rotatable bonds is 11. The van der Waals surface area contributed by atoms with Gasteiger partial charge in [0.2, 0.25) is 15.9 Å². The maximum absolute atomic E-state index is 13.5. The van der Waals surface area contributed by atoms with Crippen LogP contribution in [0.5, 0.6) is 0 Å². The average Bonchev–Trinajstić information content (AvgIpc) is 3.45. The summed E-state index contributed by atoms with van der Waals surface area (Å²) in [6, 6.07) is 15.3. The summed E-state index contributed by atoms with van der Waals surface area (Å²) in [5.74, 6) is -0.190. The number of sulfonamides is 1. The van der Waals surface area contributed by atoms with E-state index in [0.29, 0.717) is 19.5 Å². The van der Waals surface area contributed by atoms with Gasteiger partial charge in [-0.2, -0.15) is 4.72 Å². The SMILES string of the molecule is CCCC[C@H](NS(=O)(=O)c1ccccc1)C(=O)N(Cc1cccs1)Cc1cccs1. The number of hydrogen-bond donors (Lipinski definition) is 1. The van der Waals surface area contributed by atoms with Crippen molar-refractivity contribution >= 4 is 38.6 Å². The molecule has 1 atom stereocenters. The van der Waals surface area contributed by atoms with E-state index >= 15 is 0 Å². The van der Waals surface area contributed by atoms with Crippen molar-refractivity contribution in [3.63, 3.8) is 0 Å². The number of unbranched alkanes of at least 4 members (excludes halogenated alkanes) is 1. The summed E-state index contributed by atoms with van der Waals surface area (Å²) < 4.78 is 28.4. The Morgan fingerprint density at radius 1 is 0.967 bits per heavy atom. The molecule has 1 aromatic carbocycles. The lowest BCUT2D eigenvalue weighted by atomic mass is 10.1. The van der Waals surface area contributed by atoms with Gasteiger partial charge in [-0.05, 0) is 41.4 Å². The van der Waals surface area contributed by atoms with Crippen LogP contribution in [0.1, 0.15) is 35.9 Å². The van der Waals surface area contributed by atoms with Crippen molar-refractivity contribution in [2.24, 2.45) is 0 Å². The van der Waals surface area contributed by atoms with Crippen molar-refractivity contribution in [1.82, 2.24) is 9.62 Å². The van der Waals surface area contributed by atoms with Crippen molar-refractivity contribution in [3.8, 4) is 0 Å². The summed E-state index contributed by atoms with van der Waals surface area (Å²) in [6.45, 7) is 2.95. The topological polar surface area (TPSA) is 66.5 Å². The number of thiophene rings is 2. The second-order valence-corrected chi connectivity index (χ2v) is 10.8. The number of carbonyl (C=O) groups is 1. The predicted molar refractivity (Wildman–Crippen MR) is 123 cm³/mol. The van der Waals surface area contributed by atoms with Crippen LogP contribution in [-0.4, -0.2) is 25.3 Å². The molecule has 0 radical (unpaired) electrons. The van der Waals surface area contributed by atoms with E-state index in [2.05, 4.69) is 4.72 Å². The molecule has 5 nitrogen and oxygen atoms in total. The van der Waals surface area contributed by atoms with Crippen LogP contribution in [0.25, 0.3) is 0 Å². The minimum absolute atomic E-state index is 0.169. The number of amides is 1. The molecule has 0 aliphatic rings. The summed E-state index contributed by atoms with van der Waals surface area (Å²) in [6.07, 6.45) is 2.11. The molecule has 160 valence electrons. The normalized spacial score (nSPS) is 12.6. The van der Waals surface area contributed by atoms with E-state index in [1.165, 1.54) is 0 Å². The van der Waals surface area contributed by atoms with Crippen molar-refractivity contribution in [2.75, 3.05) is 0 Å². The molecule has 0 saturated carbocycles. The zero-order valence-corrected chi connectivity index (χ0v) is 19.3. The van der Waals surface area contributed by atoms with Gasteiger partial charge in [0.05, 0.1) is 18.0 Å². The molecule has 0 bridgehead atoms. The number of benzene rings is 1. The van der Waals surface area contributed by atoms with Crippen molar-refractivity contribution in [2.45, 2.75) is 50.2 Å². The van der Waals surface area contributed by atoms with E-state index in [4.69, 9.17) is 0 Å². The summed E-state index contributed by atoms with van der Waals surface area (Å²) in [4.78, 5) is 17.6. The molecule has 2 heterocycles. The number of carbonyl (C=O) groups excluding carboxylic acids is 1. The van der Waals surface area contributed by atoms with Crippen LogP contribution < -0.4 is 4.72 Å². The molecule has 0 spiro atoms. The first-order chi connectivity index (χ1) is 14.5. The maximum Gasteiger partial charge on any atom is 0.241 e. The van der Waals surface area contributed by atoms with Crippen LogP contribution in [0, 0.1) is 0 Å². The highest BCUT2D eigenvalue weighted by Crippen LogP contribution is 2.20. The van der Waals surface area contributed by atoms with E-state index in [-0.39, 0.29) is 10.8 Å². The minimum Gasteiger partial charge on any atom is -0.331 e. The highest BCUT2D eigenvalue weighted by molar-refractivity contribution is 7.89. The van der Waals surface area contributed by atoms with E-state index < -0.39 is 16.1 Å². The van der Waals surface area contributed by atoms with Crippen LogP contribution >= 0.6 is 22.7 Å². The Morgan fingerprint density at radius 2 is 1.57 bits per heavy atom. The van der Waals surface area contributed by atoms with Gasteiger partial charge in [0.1, 0.15) is 6.04 Å². The van der Waals surface area contributed by atoms with Crippen LogP contribution in [0.4, 0.5) is 0 Å². The van der Waals surface area contributed by atoms with E-state index in [1.54, 1.807) is 57.9 Å². The molecule has 0 aliphatic carbocycles. The van der Waals surface area contributed by atoms with Crippen LogP contribution in [-0.2, 0) is 27.9 Å². The third kappa shape index (κ3) is 6.25. The molecule has 1 N–H and O–H groups in total. The number of hydrogen-bond acceptors (Lipinski definition) is 5. The van der Waals surface area contributed by atoms with Crippen LogP contribution in [0.3, 0.4) is 0 Å². The van der Waals surface area contributed by atoms with E-state index in [9.17, 15) is 13.2 Å². The Labute approximate surface area is 186 Å². The molecular weight excluding hydrogens is 436 g/mol. The molecule has 3 aromatic rings. The standard InChI is InChI=1S/C22H26N2O3S3/c1-2-3-13-21(23-30(26,27)20-11-5-4-6-12-20)22(25)24(16-18-9-7-14-28-18)17-19-10-8-15-29-19/h4-12,14-15,21,23H,2-3,13,16-17H2,1H3/t21-/m0/s1. The van der Waals surface area contributed by atoms with Gasteiger partial charge in [0.15, 0.2) is 0 Å². The molecule has 0 saturated heterocycles. The number of nitrogens with zero attached hydrogens (tertiary/aromatic N) is 1. The molecule has 30 heavy (non-hydrogen) atoms. The smallest absolute Gasteiger partial charge is 0.241 e. The zero-order valence-electron chi connectivity index (χ0n) is 16.9. The highest BCUT2D eigenvalue weighted by atomic mass is 32.2. The summed E-state index contributed by atoms with van der Waals surface area (Å²) in [5, 5.41) is 3.96. The lowest BCUT2D eigenvalue weighted by Crippen LogP contribution is -2.47. The fourth-order valence-corrected chi connectivity index (χ4v) is 5.79. The van der Waals surface area contributed by atoms with Gasteiger partial charge in [-0.1, -0.05) is 50.1 Å². The average molecular weight is 463 g/mol. The molecule has 3 rings (SSSR count). The summed E-state index contributed by atoms with van der Waals surface area (Å²) >= 11 is 3.18. The third-order valence-electron chi connectivity index (χ3n) is 4.66. The molecule has 0 aliphatic heterocycles. The van der Waals surface area contributed by atoms with Crippen molar-refractivity contribution in [1.29, 1.82) is 0 Å². The monoisotopic (exact) mass is 462 g/mol.